The molecule has 1 aromatic carbocycles. The van der Waals surface area contributed by atoms with Gasteiger partial charge in [-0.15, -0.1) is 0 Å². The van der Waals surface area contributed by atoms with Crippen molar-refractivity contribution in [1.82, 2.24) is 4.90 Å². The van der Waals surface area contributed by atoms with Crippen molar-refractivity contribution in [3.05, 3.63) is 18.2 Å². The normalized spacial score (nSPS) is 17.6. The van der Waals surface area contributed by atoms with E-state index in [1.54, 1.807) is 39.3 Å². The number of esters is 1. The monoisotopic (exact) mass is 350 g/mol. The van der Waals surface area contributed by atoms with E-state index in [1.165, 1.54) is 0 Å². The second kappa shape index (κ2) is 9.27. The topological polar surface area (TPSA) is 77.1 Å². The Labute approximate surface area is 148 Å². The quantitative estimate of drug-likeness (QED) is 0.757. The van der Waals surface area contributed by atoms with Crippen molar-refractivity contribution in [1.29, 1.82) is 0 Å². The van der Waals surface area contributed by atoms with Crippen LogP contribution in [0.3, 0.4) is 0 Å². The van der Waals surface area contributed by atoms with E-state index >= 15 is 0 Å². The molecule has 7 nitrogen and oxygen atoms in total. The molecule has 0 radical (unpaired) electrons. The third kappa shape index (κ3) is 5.35. The minimum atomic E-state index is -0.176. The zero-order valence-corrected chi connectivity index (χ0v) is 15.0. The van der Waals surface area contributed by atoms with Crippen LogP contribution in [0.25, 0.3) is 0 Å². The number of nitrogens with zero attached hydrogens (tertiary/aromatic N) is 1. The molecule has 0 aliphatic carbocycles. The summed E-state index contributed by atoms with van der Waals surface area (Å²) in [5, 5.41) is 2.85. The van der Waals surface area contributed by atoms with Gasteiger partial charge in [-0.25, -0.2) is 0 Å². The van der Waals surface area contributed by atoms with Crippen molar-refractivity contribution in [2.45, 2.75) is 19.8 Å². The molecule has 1 aliphatic rings. The maximum absolute atomic E-state index is 12.3. The van der Waals surface area contributed by atoms with Crippen molar-refractivity contribution in [2.24, 2.45) is 5.92 Å². The molecule has 1 saturated heterocycles. The van der Waals surface area contributed by atoms with E-state index in [-0.39, 0.29) is 24.3 Å². The van der Waals surface area contributed by atoms with Crippen LogP contribution in [0.2, 0.25) is 0 Å². The van der Waals surface area contributed by atoms with Gasteiger partial charge in [-0.05, 0) is 38.4 Å². The highest BCUT2D eigenvalue weighted by molar-refractivity contribution is 5.93. The minimum absolute atomic E-state index is 0.145. The third-order valence-corrected chi connectivity index (χ3v) is 4.18. The van der Waals surface area contributed by atoms with Crippen molar-refractivity contribution >= 4 is 17.6 Å². The Kier molecular flexibility index (Phi) is 7.06. The highest BCUT2D eigenvalue weighted by atomic mass is 16.5. The van der Waals surface area contributed by atoms with Gasteiger partial charge in [-0.3, -0.25) is 14.5 Å². The fraction of sp³-hybridized carbons (Fsp3) is 0.556. The van der Waals surface area contributed by atoms with Crippen LogP contribution in [-0.2, 0) is 14.3 Å². The number of amides is 1. The lowest BCUT2D eigenvalue weighted by molar-refractivity contribution is -0.150. The Bertz CT molecular complexity index is 605. The Morgan fingerprint density at radius 2 is 2.08 bits per heavy atom. The number of likely N-dealkylation sites (tertiary alicyclic amines) is 1. The molecule has 0 aromatic heterocycles. The number of carbonyl (C=O) groups excluding carboxylic acids is 2. The van der Waals surface area contributed by atoms with Crippen LogP contribution in [0, 0.1) is 5.92 Å². The van der Waals surface area contributed by atoms with Crippen LogP contribution >= 0.6 is 0 Å². The average molecular weight is 350 g/mol. The van der Waals surface area contributed by atoms with Gasteiger partial charge in [0.2, 0.25) is 5.91 Å². The highest BCUT2D eigenvalue weighted by Crippen LogP contribution is 2.29. The maximum atomic E-state index is 12.3. The summed E-state index contributed by atoms with van der Waals surface area (Å²) in [6, 6.07) is 5.22. The second-order valence-electron chi connectivity index (χ2n) is 5.94. The summed E-state index contributed by atoms with van der Waals surface area (Å²) < 4.78 is 15.5. The number of piperidine rings is 1. The van der Waals surface area contributed by atoms with Gasteiger partial charge in [0.15, 0.2) is 0 Å². The molecule has 1 fully saturated rings. The summed E-state index contributed by atoms with van der Waals surface area (Å²) in [5.41, 5.74) is 0.590. The maximum Gasteiger partial charge on any atom is 0.310 e. The van der Waals surface area contributed by atoms with Crippen LogP contribution in [0.4, 0.5) is 5.69 Å². The Balaban J connectivity index is 1.92. The summed E-state index contributed by atoms with van der Waals surface area (Å²) in [5.74, 6) is 0.716. The molecule has 1 amide bonds. The number of hydrogen-bond donors (Lipinski definition) is 1. The summed E-state index contributed by atoms with van der Waals surface area (Å²) in [6.07, 6.45) is 1.69. The van der Waals surface area contributed by atoms with E-state index in [0.717, 1.165) is 19.4 Å². The predicted molar refractivity (Wildman–Crippen MR) is 94.0 cm³/mol. The van der Waals surface area contributed by atoms with E-state index in [2.05, 4.69) is 5.32 Å². The molecule has 1 heterocycles. The summed E-state index contributed by atoms with van der Waals surface area (Å²) in [4.78, 5) is 26.2. The van der Waals surface area contributed by atoms with Gasteiger partial charge in [-0.1, -0.05) is 0 Å². The number of hydrogen-bond acceptors (Lipinski definition) is 6. The number of anilines is 1. The number of carbonyl (C=O) groups is 2. The standard InChI is InChI=1S/C18H26N2O5/c1-4-25-18(22)13-6-5-9-20(11-13)12-17(21)19-15-8-7-14(23-2)10-16(15)24-3/h7-8,10,13H,4-6,9,11-12H2,1-3H3,(H,19,21). The van der Waals surface area contributed by atoms with Crippen molar-refractivity contribution in [3.8, 4) is 11.5 Å². The first-order chi connectivity index (χ1) is 12.1. The predicted octanol–water partition coefficient (Wildman–Crippen LogP) is 1.92. The van der Waals surface area contributed by atoms with E-state index < -0.39 is 0 Å². The van der Waals surface area contributed by atoms with Gasteiger partial charge in [0.1, 0.15) is 11.5 Å². The number of methoxy groups -OCH3 is 2. The lowest BCUT2D eigenvalue weighted by Crippen LogP contribution is -2.43. The van der Waals surface area contributed by atoms with Gasteiger partial charge in [0.05, 0.1) is 39.0 Å². The lowest BCUT2D eigenvalue weighted by atomic mass is 9.98. The van der Waals surface area contributed by atoms with Crippen molar-refractivity contribution in [3.63, 3.8) is 0 Å². The van der Waals surface area contributed by atoms with Crippen LogP contribution in [0.5, 0.6) is 11.5 Å². The van der Waals surface area contributed by atoms with Gasteiger partial charge in [0, 0.05) is 12.6 Å². The zero-order chi connectivity index (χ0) is 18.2. The molecule has 1 unspecified atom stereocenters. The summed E-state index contributed by atoms with van der Waals surface area (Å²) in [6.45, 7) is 3.75. The molecular formula is C18H26N2O5. The minimum Gasteiger partial charge on any atom is -0.497 e. The van der Waals surface area contributed by atoms with Crippen molar-refractivity contribution in [2.75, 3.05) is 45.8 Å². The first kappa shape index (κ1) is 19.1. The molecule has 7 heteroatoms. The molecule has 2 rings (SSSR count). The Morgan fingerprint density at radius 1 is 1.28 bits per heavy atom. The van der Waals surface area contributed by atoms with Crippen LogP contribution in [0.15, 0.2) is 18.2 Å². The molecule has 0 bridgehead atoms. The SMILES string of the molecule is CCOC(=O)C1CCCN(CC(=O)Nc2ccc(OC)cc2OC)C1. The van der Waals surface area contributed by atoms with Gasteiger partial charge in [0.25, 0.3) is 0 Å². The van der Waals surface area contributed by atoms with E-state index in [9.17, 15) is 9.59 Å². The molecule has 1 atom stereocenters. The van der Waals surface area contributed by atoms with Gasteiger partial charge < -0.3 is 19.5 Å². The van der Waals surface area contributed by atoms with Gasteiger partial charge >= 0.3 is 5.97 Å². The fourth-order valence-electron chi connectivity index (χ4n) is 2.95. The summed E-state index contributed by atoms with van der Waals surface area (Å²) in [7, 11) is 3.11. The number of rotatable bonds is 7. The number of nitrogens with one attached hydrogen (secondary N) is 1. The molecule has 0 saturated carbocycles. The number of benzene rings is 1. The molecular weight excluding hydrogens is 324 g/mol. The van der Waals surface area contributed by atoms with Crippen LogP contribution < -0.4 is 14.8 Å². The number of ether oxygens (including phenoxy) is 3. The average Bonchev–Trinajstić information content (AvgIpc) is 2.62. The van der Waals surface area contributed by atoms with E-state index in [0.29, 0.717) is 30.3 Å². The second-order valence-corrected chi connectivity index (χ2v) is 5.94. The highest BCUT2D eigenvalue weighted by Gasteiger charge is 2.27. The molecule has 138 valence electrons. The Hall–Kier alpha value is -2.28. The fourth-order valence-corrected chi connectivity index (χ4v) is 2.95. The first-order valence-electron chi connectivity index (χ1n) is 8.48. The molecule has 1 aromatic rings. The molecule has 25 heavy (non-hydrogen) atoms. The van der Waals surface area contributed by atoms with Gasteiger partial charge in [-0.2, -0.15) is 0 Å². The smallest absolute Gasteiger partial charge is 0.310 e. The van der Waals surface area contributed by atoms with E-state index in [4.69, 9.17) is 14.2 Å². The third-order valence-electron chi connectivity index (χ3n) is 4.18. The van der Waals surface area contributed by atoms with Crippen LogP contribution in [0.1, 0.15) is 19.8 Å². The van der Waals surface area contributed by atoms with E-state index in [1.807, 2.05) is 4.90 Å². The van der Waals surface area contributed by atoms with Crippen LogP contribution in [-0.4, -0.2) is 57.2 Å². The zero-order valence-electron chi connectivity index (χ0n) is 15.0. The summed E-state index contributed by atoms with van der Waals surface area (Å²) >= 11 is 0. The molecule has 1 aliphatic heterocycles. The Morgan fingerprint density at radius 3 is 2.76 bits per heavy atom. The van der Waals surface area contributed by atoms with Crippen molar-refractivity contribution < 1.29 is 23.8 Å². The lowest BCUT2D eigenvalue weighted by Gasteiger charge is -2.30. The molecule has 1 N–H and O–H groups in total. The molecule has 0 spiro atoms. The first-order valence-corrected chi connectivity index (χ1v) is 8.48. The largest absolute Gasteiger partial charge is 0.497 e.